The quantitative estimate of drug-likeness (QED) is 0.704. The minimum absolute atomic E-state index is 0.132. The van der Waals surface area contributed by atoms with E-state index in [0.717, 1.165) is 35.5 Å². The number of hydrogen-bond acceptors (Lipinski definition) is 7. The zero-order valence-electron chi connectivity index (χ0n) is 15.3. The molecule has 1 aliphatic rings. The minimum Gasteiger partial charge on any atom is -0.336 e. The Bertz CT molecular complexity index is 956. The molecule has 0 saturated carbocycles. The van der Waals surface area contributed by atoms with Crippen molar-refractivity contribution in [3.63, 3.8) is 0 Å². The van der Waals surface area contributed by atoms with Gasteiger partial charge in [0.25, 0.3) is 5.91 Å². The predicted octanol–water partition coefficient (Wildman–Crippen LogP) is 2.56. The molecule has 0 aromatic carbocycles. The first-order valence-electron chi connectivity index (χ1n) is 8.96. The summed E-state index contributed by atoms with van der Waals surface area (Å²) >= 11 is 0. The number of aromatic nitrogens is 5. The first-order chi connectivity index (χ1) is 13.1. The number of likely N-dealkylation sites (tertiary alicyclic amines) is 1. The molecule has 1 unspecified atom stereocenters. The Morgan fingerprint density at radius 1 is 1.22 bits per heavy atom. The number of pyridine rings is 1. The number of piperidine rings is 1. The van der Waals surface area contributed by atoms with E-state index in [1.54, 1.807) is 19.3 Å². The Hall–Kier alpha value is -3.16. The maximum atomic E-state index is 12.8. The average molecular weight is 364 g/mol. The molecule has 1 atom stereocenters. The highest BCUT2D eigenvalue weighted by molar-refractivity contribution is 5.93. The molecule has 0 N–H and O–H groups in total. The molecule has 8 heteroatoms. The van der Waals surface area contributed by atoms with Crippen LogP contribution in [0.15, 0.2) is 35.4 Å². The first kappa shape index (κ1) is 17.3. The van der Waals surface area contributed by atoms with Gasteiger partial charge >= 0.3 is 0 Å². The molecule has 8 nitrogen and oxygen atoms in total. The van der Waals surface area contributed by atoms with Gasteiger partial charge in [-0.05, 0) is 49.5 Å². The molecule has 1 saturated heterocycles. The summed E-state index contributed by atoms with van der Waals surface area (Å²) in [6, 6.07) is 3.90. The van der Waals surface area contributed by atoms with Crippen LogP contribution in [0.2, 0.25) is 0 Å². The van der Waals surface area contributed by atoms with E-state index < -0.39 is 0 Å². The predicted molar refractivity (Wildman–Crippen MR) is 96.9 cm³/mol. The molecule has 0 spiro atoms. The van der Waals surface area contributed by atoms with Crippen LogP contribution in [0.3, 0.4) is 0 Å². The highest BCUT2D eigenvalue weighted by atomic mass is 16.6. The standard InChI is InChI=1S/C19H20N6O2/c1-12-17(24-27-23-12)19(26)25-9-3-4-15(11-25)18-16(10-21-13(2)22-18)14-5-7-20-8-6-14/h5-8,10,15H,3-4,9,11H2,1-2H3. The fraction of sp³-hybridized carbons (Fsp3) is 0.368. The summed E-state index contributed by atoms with van der Waals surface area (Å²) in [6.07, 6.45) is 7.25. The van der Waals surface area contributed by atoms with Crippen molar-refractivity contribution < 1.29 is 9.42 Å². The summed E-state index contributed by atoms with van der Waals surface area (Å²) in [4.78, 5) is 27.8. The molecule has 0 bridgehead atoms. The van der Waals surface area contributed by atoms with Crippen molar-refractivity contribution in [1.82, 2.24) is 30.2 Å². The minimum atomic E-state index is -0.144. The molecule has 3 aromatic rings. The van der Waals surface area contributed by atoms with Crippen LogP contribution in [0.5, 0.6) is 0 Å². The molecule has 138 valence electrons. The second-order valence-corrected chi connectivity index (χ2v) is 6.74. The second kappa shape index (κ2) is 7.22. The molecular weight excluding hydrogens is 344 g/mol. The Morgan fingerprint density at radius 3 is 2.78 bits per heavy atom. The molecule has 0 aliphatic carbocycles. The summed E-state index contributed by atoms with van der Waals surface area (Å²) in [6.45, 7) is 4.88. The van der Waals surface area contributed by atoms with Crippen LogP contribution in [-0.2, 0) is 0 Å². The van der Waals surface area contributed by atoms with Gasteiger partial charge in [0.15, 0.2) is 5.69 Å². The zero-order valence-corrected chi connectivity index (χ0v) is 15.3. The van der Waals surface area contributed by atoms with Gasteiger partial charge in [0, 0.05) is 43.2 Å². The van der Waals surface area contributed by atoms with E-state index in [4.69, 9.17) is 4.98 Å². The van der Waals surface area contributed by atoms with Crippen LogP contribution in [0.1, 0.15) is 46.5 Å². The summed E-state index contributed by atoms with van der Waals surface area (Å²) in [5.41, 5.74) is 3.78. The third-order valence-electron chi connectivity index (χ3n) is 4.88. The van der Waals surface area contributed by atoms with Gasteiger partial charge in [0.05, 0.1) is 5.69 Å². The molecule has 0 radical (unpaired) electrons. The number of nitrogens with zero attached hydrogens (tertiary/aromatic N) is 6. The Labute approximate surface area is 156 Å². The summed E-state index contributed by atoms with van der Waals surface area (Å²) in [7, 11) is 0. The van der Waals surface area contributed by atoms with Gasteiger partial charge in [-0.15, -0.1) is 0 Å². The Balaban J connectivity index is 1.65. The van der Waals surface area contributed by atoms with E-state index in [1.165, 1.54) is 0 Å². The van der Waals surface area contributed by atoms with Crippen molar-refractivity contribution in [2.24, 2.45) is 0 Å². The van der Waals surface area contributed by atoms with Gasteiger partial charge in [-0.2, -0.15) is 0 Å². The number of rotatable bonds is 3. The van der Waals surface area contributed by atoms with E-state index in [1.807, 2.05) is 30.2 Å². The maximum Gasteiger partial charge on any atom is 0.278 e. The normalized spacial score (nSPS) is 17.1. The van der Waals surface area contributed by atoms with Crippen molar-refractivity contribution >= 4 is 5.91 Å². The van der Waals surface area contributed by atoms with Gasteiger partial charge < -0.3 is 4.90 Å². The Kier molecular flexibility index (Phi) is 4.62. The van der Waals surface area contributed by atoms with Gasteiger partial charge in [-0.25, -0.2) is 14.6 Å². The number of amides is 1. The van der Waals surface area contributed by atoms with E-state index in [2.05, 4.69) is 24.9 Å². The fourth-order valence-corrected chi connectivity index (χ4v) is 3.51. The molecule has 1 aliphatic heterocycles. The van der Waals surface area contributed by atoms with Crippen LogP contribution in [0.4, 0.5) is 0 Å². The number of carbonyl (C=O) groups excluding carboxylic acids is 1. The lowest BCUT2D eigenvalue weighted by atomic mass is 9.90. The van der Waals surface area contributed by atoms with Crippen LogP contribution in [0.25, 0.3) is 11.1 Å². The lowest BCUT2D eigenvalue weighted by Crippen LogP contribution is -2.40. The lowest BCUT2D eigenvalue weighted by Gasteiger charge is -2.32. The zero-order chi connectivity index (χ0) is 18.8. The molecule has 1 amide bonds. The van der Waals surface area contributed by atoms with Crippen LogP contribution in [-0.4, -0.2) is 49.2 Å². The van der Waals surface area contributed by atoms with Crippen molar-refractivity contribution in [2.75, 3.05) is 13.1 Å². The summed E-state index contributed by atoms with van der Waals surface area (Å²) in [5.74, 6) is 0.713. The first-order valence-corrected chi connectivity index (χ1v) is 8.96. The largest absolute Gasteiger partial charge is 0.336 e. The molecule has 3 aromatic heterocycles. The number of hydrogen-bond donors (Lipinski definition) is 0. The van der Waals surface area contributed by atoms with Crippen molar-refractivity contribution in [2.45, 2.75) is 32.6 Å². The topological polar surface area (TPSA) is 97.9 Å². The van der Waals surface area contributed by atoms with Crippen LogP contribution >= 0.6 is 0 Å². The molecule has 4 heterocycles. The lowest BCUT2D eigenvalue weighted by molar-refractivity contribution is 0.0694. The smallest absolute Gasteiger partial charge is 0.278 e. The van der Waals surface area contributed by atoms with Crippen molar-refractivity contribution in [3.8, 4) is 11.1 Å². The third-order valence-corrected chi connectivity index (χ3v) is 4.88. The van der Waals surface area contributed by atoms with Gasteiger partial charge in [0.1, 0.15) is 11.5 Å². The van der Waals surface area contributed by atoms with Crippen LogP contribution in [0, 0.1) is 13.8 Å². The van der Waals surface area contributed by atoms with Gasteiger partial charge in [-0.3, -0.25) is 9.78 Å². The highest BCUT2D eigenvalue weighted by Gasteiger charge is 2.30. The van der Waals surface area contributed by atoms with E-state index in [9.17, 15) is 4.79 Å². The van der Waals surface area contributed by atoms with E-state index in [0.29, 0.717) is 18.8 Å². The third kappa shape index (κ3) is 3.42. The van der Waals surface area contributed by atoms with Crippen molar-refractivity contribution in [3.05, 3.63) is 53.6 Å². The summed E-state index contributed by atoms with van der Waals surface area (Å²) < 4.78 is 4.69. The Morgan fingerprint density at radius 2 is 2.04 bits per heavy atom. The maximum absolute atomic E-state index is 12.8. The van der Waals surface area contributed by atoms with Crippen molar-refractivity contribution in [1.29, 1.82) is 0 Å². The summed E-state index contributed by atoms with van der Waals surface area (Å²) in [5, 5.41) is 7.47. The molecular formula is C19H20N6O2. The van der Waals surface area contributed by atoms with E-state index in [-0.39, 0.29) is 17.5 Å². The van der Waals surface area contributed by atoms with Gasteiger partial charge in [-0.1, -0.05) is 5.16 Å². The highest BCUT2D eigenvalue weighted by Crippen LogP contribution is 2.33. The number of carbonyl (C=O) groups is 1. The average Bonchev–Trinajstić information content (AvgIpc) is 3.14. The fourth-order valence-electron chi connectivity index (χ4n) is 3.51. The van der Waals surface area contributed by atoms with Gasteiger partial charge in [0.2, 0.25) is 0 Å². The molecule has 27 heavy (non-hydrogen) atoms. The van der Waals surface area contributed by atoms with E-state index >= 15 is 0 Å². The molecule has 4 rings (SSSR count). The number of aryl methyl sites for hydroxylation is 2. The second-order valence-electron chi connectivity index (χ2n) is 6.74. The SMILES string of the molecule is Cc1ncc(-c2ccncc2)c(C2CCCN(C(=O)c3nonc3C)C2)n1. The monoisotopic (exact) mass is 364 g/mol. The van der Waals surface area contributed by atoms with Crippen LogP contribution < -0.4 is 0 Å². The molecule has 1 fully saturated rings.